The Morgan fingerprint density at radius 3 is 1.71 bits per heavy atom. The smallest absolute Gasteiger partial charge is 0.394 e. The Labute approximate surface area is 167 Å². The number of carbonyl (C=O) groups is 1. The molecule has 2 rings (SSSR count). The van der Waals surface area contributed by atoms with Crippen LogP contribution in [-0.2, 0) is 5.67 Å². The van der Waals surface area contributed by atoms with Crippen LogP contribution in [0.3, 0.4) is 0 Å². The molecule has 0 unspecified atom stereocenters. The molecule has 0 spiro atoms. The number of hydrogen-bond donors (Lipinski definition) is 2. The van der Waals surface area contributed by atoms with Crippen molar-refractivity contribution in [1.29, 1.82) is 0 Å². The number of carbonyl (C=O) groups excluding carboxylic acids is 1. The fourth-order valence-corrected chi connectivity index (χ4v) is 2.82. The molecule has 3 N–H and O–H groups in total. The quantitative estimate of drug-likeness (QED) is 0.342. The van der Waals surface area contributed by atoms with E-state index in [1.807, 2.05) is 5.32 Å². The topological polar surface area (TPSA) is 55.1 Å². The lowest BCUT2D eigenvalue weighted by atomic mass is 9.90. The third-order valence-electron chi connectivity index (χ3n) is 4.39. The van der Waals surface area contributed by atoms with E-state index < -0.39 is 75.0 Å². The molecular formula is C18H12F10N2O. The number of nitrogens with two attached hydrogens (primary N) is 1. The lowest BCUT2D eigenvalue weighted by Crippen LogP contribution is -2.50. The summed E-state index contributed by atoms with van der Waals surface area (Å²) in [5.41, 5.74) is -6.18. The van der Waals surface area contributed by atoms with Crippen LogP contribution in [0.15, 0.2) is 18.2 Å². The molecule has 3 nitrogen and oxygen atoms in total. The molecule has 0 atom stereocenters. The van der Waals surface area contributed by atoms with Crippen LogP contribution in [0.5, 0.6) is 0 Å². The molecule has 0 radical (unpaired) electrons. The molecule has 0 saturated carbocycles. The van der Waals surface area contributed by atoms with Crippen LogP contribution in [0, 0.1) is 31.3 Å². The molecule has 0 saturated heterocycles. The number of halogens is 10. The Morgan fingerprint density at radius 2 is 1.29 bits per heavy atom. The normalized spacial score (nSPS) is 12.8. The monoisotopic (exact) mass is 462 g/mol. The summed E-state index contributed by atoms with van der Waals surface area (Å²) >= 11 is 0. The van der Waals surface area contributed by atoms with Crippen LogP contribution < -0.4 is 11.1 Å². The maximum atomic E-state index is 14.3. The van der Waals surface area contributed by atoms with Gasteiger partial charge < -0.3 is 11.1 Å². The van der Waals surface area contributed by atoms with E-state index in [4.69, 9.17) is 5.73 Å². The number of anilines is 2. The van der Waals surface area contributed by atoms with E-state index in [0.717, 1.165) is 13.8 Å². The second-order valence-electron chi connectivity index (χ2n) is 6.54. The Morgan fingerprint density at radius 1 is 0.839 bits per heavy atom. The fraction of sp³-hybridized carbons (Fsp3) is 0.278. The highest BCUT2D eigenvalue weighted by atomic mass is 19.4. The molecule has 0 aliphatic rings. The van der Waals surface area contributed by atoms with Gasteiger partial charge in [-0.3, -0.25) is 4.79 Å². The molecule has 170 valence electrons. The molecule has 0 aromatic heterocycles. The summed E-state index contributed by atoms with van der Waals surface area (Å²) in [6, 6.07) is 0.578. The number of aryl methyl sites for hydroxylation is 2. The van der Waals surface area contributed by atoms with Crippen molar-refractivity contribution in [3.8, 4) is 0 Å². The minimum atomic E-state index is -6.35. The van der Waals surface area contributed by atoms with Crippen molar-refractivity contribution in [3.05, 3.63) is 57.9 Å². The van der Waals surface area contributed by atoms with E-state index in [2.05, 4.69) is 0 Å². The summed E-state index contributed by atoms with van der Waals surface area (Å²) in [5.74, 6) is -6.50. The van der Waals surface area contributed by atoms with Crippen LogP contribution in [0.4, 0.5) is 55.3 Å². The number of nitrogen functional groups attached to an aromatic ring is 1. The number of nitrogens with one attached hydrogen (secondary N) is 1. The Bertz CT molecular complexity index is 1010. The minimum absolute atomic E-state index is 0.162. The molecule has 13 heteroatoms. The van der Waals surface area contributed by atoms with Crippen LogP contribution in [0.25, 0.3) is 0 Å². The van der Waals surface area contributed by atoms with Gasteiger partial charge in [0.05, 0.1) is 5.56 Å². The number of rotatable bonds is 3. The molecule has 2 aromatic carbocycles. The molecule has 0 aliphatic heterocycles. The van der Waals surface area contributed by atoms with Crippen molar-refractivity contribution in [2.75, 3.05) is 11.1 Å². The van der Waals surface area contributed by atoms with Gasteiger partial charge in [0.1, 0.15) is 5.69 Å². The summed E-state index contributed by atoms with van der Waals surface area (Å²) in [6.45, 7) is 1.91. The van der Waals surface area contributed by atoms with Gasteiger partial charge in [-0.15, -0.1) is 0 Å². The average Bonchev–Trinajstić information content (AvgIpc) is 2.62. The SMILES string of the molecule is Cc1cc(C(F)(C(F)(F)F)C(F)(F)F)cc(C)c1NC(=O)c1cc(F)c(F)c(N)c1F. The first kappa shape index (κ1) is 24.3. The van der Waals surface area contributed by atoms with Crippen LogP contribution in [0.2, 0.25) is 0 Å². The van der Waals surface area contributed by atoms with E-state index in [1.54, 1.807) is 0 Å². The number of amides is 1. The molecule has 2 aromatic rings. The third-order valence-corrected chi connectivity index (χ3v) is 4.39. The van der Waals surface area contributed by atoms with Crippen molar-refractivity contribution < 1.29 is 48.7 Å². The fourth-order valence-electron chi connectivity index (χ4n) is 2.82. The van der Waals surface area contributed by atoms with Crippen molar-refractivity contribution in [2.24, 2.45) is 0 Å². The lowest BCUT2D eigenvalue weighted by Gasteiger charge is -2.31. The van der Waals surface area contributed by atoms with E-state index in [9.17, 15) is 48.7 Å². The van der Waals surface area contributed by atoms with E-state index in [-0.39, 0.29) is 18.2 Å². The van der Waals surface area contributed by atoms with Gasteiger partial charge in [0.25, 0.3) is 5.91 Å². The molecule has 0 heterocycles. The highest BCUT2D eigenvalue weighted by Crippen LogP contribution is 2.53. The van der Waals surface area contributed by atoms with Crippen molar-refractivity contribution in [2.45, 2.75) is 31.9 Å². The first-order chi connectivity index (χ1) is 13.9. The summed E-state index contributed by atoms with van der Waals surface area (Å²) in [6.07, 6.45) is -12.7. The predicted octanol–water partition coefficient (Wildman–Crippen LogP) is 5.84. The van der Waals surface area contributed by atoms with Gasteiger partial charge >= 0.3 is 18.0 Å². The summed E-state index contributed by atoms with van der Waals surface area (Å²) in [4.78, 5) is 12.2. The Kier molecular flexibility index (Phi) is 5.96. The average molecular weight is 462 g/mol. The summed E-state index contributed by atoms with van der Waals surface area (Å²) < 4.78 is 133. The largest absolute Gasteiger partial charge is 0.435 e. The van der Waals surface area contributed by atoms with Crippen LogP contribution >= 0.6 is 0 Å². The maximum absolute atomic E-state index is 14.3. The zero-order valence-corrected chi connectivity index (χ0v) is 15.5. The van der Waals surface area contributed by atoms with Gasteiger partial charge in [0, 0.05) is 11.3 Å². The van der Waals surface area contributed by atoms with Crippen molar-refractivity contribution in [3.63, 3.8) is 0 Å². The van der Waals surface area contributed by atoms with Gasteiger partial charge in [0.15, 0.2) is 17.5 Å². The Balaban J connectivity index is 2.55. The number of hydrogen-bond acceptors (Lipinski definition) is 2. The Hall–Kier alpha value is -2.99. The van der Waals surface area contributed by atoms with Gasteiger partial charge in [-0.25, -0.2) is 17.6 Å². The highest BCUT2D eigenvalue weighted by Gasteiger charge is 2.73. The van der Waals surface area contributed by atoms with E-state index >= 15 is 0 Å². The van der Waals surface area contributed by atoms with Crippen LogP contribution in [0.1, 0.15) is 27.0 Å². The molecular weight excluding hydrogens is 450 g/mol. The standard InChI is InChI=1S/C18H12F10N2O/c1-6-3-8(16(22,17(23,24)25)18(26,27)28)4-7(2)14(6)30-15(31)9-5-10(19)12(21)13(29)11(9)20/h3-5H,29H2,1-2H3,(H,30,31). The van der Waals surface area contributed by atoms with Crippen molar-refractivity contribution in [1.82, 2.24) is 0 Å². The molecule has 31 heavy (non-hydrogen) atoms. The van der Waals surface area contributed by atoms with E-state index in [1.165, 1.54) is 0 Å². The number of alkyl halides is 7. The minimum Gasteiger partial charge on any atom is -0.394 e. The molecule has 0 fully saturated rings. The zero-order valence-electron chi connectivity index (χ0n) is 15.5. The van der Waals surface area contributed by atoms with Gasteiger partial charge in [-0.2, -0.15) is 26.3 Å². The first-order valence-electron chi connectivity index (χ1n) is 8.11. The highest BCUT2D eigenvalue weighted by molar-refractivity contribution is 6.05. The maximum Gasteiger partial charge on any atom is 0.435 e. The van der Waals surface area contributed by atoms with E-state index in [0.29, 0.717) is 0 Å². The predicted molar refractivity (Wildman–Crippen MR) is 89.5 cm³/mol. The lowest BCUT2D eigenvalue weighted by molar-refractivity contribution is -0.348. The molecule has 0 aliphatic carbocycles. The summed E-state index contributed by atoms with van der Waals surface area (Å²) in [7, 11) is 0. The molecule has 0 bridgehead atoms. The second kappa shape index (κ2) is 7.61. The van der Waals surface area contributed by atoms with Crippen molar-refractivity contribution >= 4 is 17.3 Å². The number of benzene rings is 2. The van der Waals surface area contributed by atoms with Gasteiger partial charge in [0.2, 0.25) is 0 Å². The first-order valence-corrected chi connectivity index (χ1v) is 8.11. The van der Waals surface area contributed by atoms with Gasteiger partial charge in [-0.1, -0.05) is 12.1 Å². The van der Waals surface area contributed by atoms with Crippen LogP contribution in [-0.4, -0.2) is 18.3 Å². The van der Waals surface area contributed by atoms with Gasteiger partial charge in [-0.05, 0) is 31.0 Å². The third kappa shape index (κ3) is 4.00. The second-order valence-corrected chi connectivity index (χ2v) is 6.54. The summed E-state index contributed by atoms with van der Waals surface area (Å²) in [5, 5.41) is 1.96. The zero-order chi connectivity index (χ0) is 24.1. The molecule has 1 amide bonds.